The lowest BCUT2D eigenvalue weighted by molar-refractivity contribution is -0.192. The van der Waals surface area contributed by atoms with Crippen molar-refractivity contribution in [3.05, 3.63) is 0 Å². The van der Waals surface area contributed by atoms with Crippen molar-refractivity contribution in [3.8, 4) is 0 Å². The molecule has 0 unspecified atom stereocenters. The molecule has 0 heterocycles. The molecule has 80 valence electrons. The highest BCUT2D eigenvalue weighted by atomic mass is 19.4. The smallest absolute Gasteiger partial charge is 0.247 e. The standard InChI is InChI=1S/C7H10F6/c1-2-5(8)3-6(9,10)4-7(11,12)13/h5H,2-4H2,1H3/t5-/m0/s1. The summed E-state index contributed by atoms with van der Waals surface area (Å²) in [5.74, 6) is -3.99. The topological polar surface area (TPSA) is 0 Å². The van der Waals surface area contributed by atoms with E-state index in [1.807, 2.05) is 0 Å². The minimum absolute atomic E-state index is 0.201. The third-order valence-electron chi connectivity index (χ3n) is 1.42. The first-order valence-electron chi connectivity index (χ1n) is 3.75. The maximum atomic E-state index is 12.4. The molecular formula is C7H10F6. The van der Waals surface area contributed by atoms with E-state index in [0.29, 0.717) is 0 Å². The van der Waals surface area contributed by atoms with Gasteiger partial charge in [0.15, 0.2) is 0 Å². The van der Waals surface area contributed by atoms with Crippen molar-refractivity contribution in [2.45, 2.75) is 44.5 Å². The van der Waals surface area contributed by atoms with Crippen LogP contribution in [0.5, 0.6) is 0 Å². The van der Waals surface area contributed by atoms with Gasteiger partial charge in [-0.15, -0.1) is 0 Å². The van der Waals surface area contributed by atoms with Crippen LogP contribution in [0, 0.1) is 0 Å². The van der Waals surface area contributed by atoms with Crippen LogP contribution in [0.1, 0.15) is 26.2 Å². The molecule has 0 aliphatic rings. The lowest BCUT2D eigenvalue weighted by Gasteiger charge is -2.19. The summed E-state index contributed by atoms with van der Waals surface area (Å²) in [4.78, 5) is 0. The summed E-state index contributed by atoms with van der Waals surface area (Å²) >= 11 is 0. The van der Waals surface area contributed by atoms with Gasteiger partial charge in [-0.2, -0.15) is 13.2 Å². The van der Waals surface area contributed by atoms with Crippen LogP contribution in [0.2, 0.25) is 0 Å². The quantitative estimate of drug-likeness (QED) is 0.618. The first-order chi connectivity index (χ1) is 5.66. The van der Waals surface area contributed by atoms with Crippen molar-refractivity contribution in [2.24, 2.45) is 0 Å². The SMILES string of the molecule is CC[C@H](F)CC(F)(F)CC(F)(F)F. The molecule has 1 atom stereocenters. The van der Waals surface area contributed by atoms with Crippen molar-refractivity contribution < 1.29 is 26.3 Å². The Morgan fingerprint density at radius 3 is 1.85 bits per heavy atom. The first-order valence-corrected chi connectivity index (χ1v) is 3.75. The molecule has 0 saturated carbocycles. The molecule has 0 aliphatic carbocycles. The summed E-state index contributed by atoms with van der Waals surface area (Å²) in [5.41, 5.74) is 0. The van der Waals surface area contributed by atoms with E-state index in [9.17, 15) is 26.3 Å². The molecule has 13 heavy (non-hydrogen) atoms. The summed E-state index contributed by atoms with van der Waals surface area (Å²) in [6.07, 6.45) is -10.6. The number of halogens is 6. The minimum Gasteiger partial charge on any atom is -0.247 e. The van der Waals surface area contributed by atoms with Crippen LogP contribution < -0.4 is 0 Å². The Kier molecular flexibility index (Phi) is 4.06. The molecule has 0 nitrogen and oxygen atoms in total. The maximum absolute atomic E-state index is 12.4. The van der Waals surface area contributed by atoms with Crippen LogP contribution in [0.15, 0.2) is 0 Å². The van der Waals surface area contributed by atoms with Gasteiger partial charge in [0.05, 0.1) is 0 Å². The van der Waals surface area contributed by atoms with E-state index < -0.39 is 31.1 Å². The fourth-order valence-corrected chi connectivity index (χ4v) is 0.834. The molecule has 0 saturated heterocycles. The van der Waals surface area contributed by atoms with Crippen LogP contribution >= 0.6 is 0 Å². The van der Waals surface area contributed by atoms with Gasteiger partial charge in [-0.05, 0) is 6.42 Å². The van der Waals surface area contributed by atoms with Gasteiger partial charge in [0.1, 0.15) is 12.6 Å². The molecule has 0 amide bonds. The minimum atomic E-state index is -4.95. The molecule has 0 spiro atoms. The molecule has 0 aromatic carbocycles. The zero-order chi connectivity index (χ0) is 10.7. The normalized spacial score (nSPS) is 15.9. The lowest BCUT2D eigenvalue weighted by atomic mass is 10.1. The van der Waals surface area contributed by atoms with E-state index in [1.54, 1.807) is 0 Å². The van der Waals surface area contributed by atoms with Crippen molar-refractivity contribution in [1.29, 1.82) is 0 Å². The van der Waals surface area contributed by atoms with Gasteiger partial charge in [-0.1, -0.05) is 6.92 Å². The Balaban J connectivity index is 4.08. The van der Waals surface area contributed by atoms with Gasteiger partial charge in [0.2, 0.25) is 0 Å². The number of rotatable bonds is 4. The van der Waals surface area contributed by atoms with Gasteiger partial charge < -0.3 is 0 Å². The van der Waals surface area contributed by atoms with E-state index in [1.165, 1.54) is 6.92 Å². The molecular weight excluding hydrogens is 198 g/mol. The molecule has 0 rings (SSSR count). The zero-order valence-corrected chi connectivity index (χ0v) is 6.97. The van der Waals surface area contributed by atoms with E-state index in [2.05, 4.69) is 0 Å². The predicted octanol–water partition coefficient (Wildman–Crippen LogP) is 3.71. The molecule has 0 radical (unpaired) electrons. The lowest BCUT2D eigenvalue weighted by Crippen LogP contribution is -2.28. The van der Waals surface area contributed by atoms with Crippen molar-refractivity contribution in [1.82, 2.24) is 0 Å². The molecule has 0 N–H and O–H groups in total. The highest BCUT2D eigenvalue weighted by molar-refractivity contribution is 4.74. The van der Waals surface area contributed by atoms with Crippen molar-refractivity contribution in [2.75, 3.05) is 0 Å². The van der Waals surface area contributed by atoms with Gasteiger partial charge in [-0.25, -0.2) is 13.2 Å². The summed E-state index contributed by atoms with van der Waals surface area (Å²) < 4.78 is 71.7. The summed E-state index contributed by atoms with van der Waals surface area (Å²) in [6.45, 7) is 1.30. The molecule has 0 aromatic rings. The van der Waals surface area contributed by atoms with E-state index in [-0.39, 0.29) is 6.42 Å². The van der Waals surface area contributed by atoms with E-state index >= 15 is 0 Å². The Labute approximate surface area is 71.9 Å². The Morgan fingerprint density at radius 1 is 1.08 bits per heavy atom. The predicted molar refractivity (Wildman–Crippen MR) is 35.4 cm³/mol. The van der Waals surface area contributed by atoms with Crippen LogP contribution in [-0.4, -0.2) is 18.3 Å². The van der Waals surface area contributed by atoms with Crippen molar-refractivity contribution >= 4 is 0 Å². The average Bonchev–Trinajstić information content (AvgIpc) is 1.80. The molecule has 6 heteroatoms. The summed E-state index contributed by atoms with van der Waals surface area (Å²) in [7, 11) is 0. The molecule has 0 aromatic heterocycles. The van der Waals surface area contributed by atoms with Gasteiger partial charge in [0, 0.05) is 6.42 Å². The highest BCUT2D eigenvalue weighted by Gasteiger charge is 2.44. The third kappa shape index (κ3) is 6.72. The third-order valence-corrected chi connectivity index (χ3v) is 1.42. The summed E-state index contributed by atoms with van der Waals surface area (Å²) in [5, 5.41) is 0. The van der Waals surface area contributed by atoms with Crippen LogP contribution in [0.25, 0.3) is 0 Å². The van der Waals surface area contributed by atoms with Crippen LogP contribution in [-0.2, 0) is 0 Å². The van der Waals surface area contributed by atoms with Crippen LogP contribution in [0.3, 0.4) is 0 Å². The van der Waals surface area contributed by atoms with Gasteiger partial charge in [0.25, 0.3) is 5.92 Å². The Hall–Kier alpha value is -0.420. The second-order valence-electron chi connectivity index (χ2n) is 2.86. The van der Waals surface area contributed by atoms with Gasteiger partial charge in [-0.3, -0.25) is 0 Å². The molecule has 0 fully saturated rings. The first kappa shape index (κ1) is 12.6. The molecule has 0 aliphatic heterocycles. The monoisotopic (exact) mass is 208 g/mol. The molecule has 0 bridgehead atoms. The Bertz CT molecular complexity index is 150. The highest BCUT2D eigenvalue weighted by Crippen LogP contribution is 2.35. The van der Waals surface area contributed by atoms with E-state index in [4.69, 9.17) is 0 Å². The van der Waals surface area contributed by atoms with E-state index in [0.717, 1.165) is 0 Å². The Morgan fingerprint density at radius 2 is 1.54 bits per heavy atom. The maximum Gasteiger partial charge on any atom is 0.394 e. The van der Waals surface area contributed by atoms with Gasteiger partial charge >= 0.3 is 6.18 Å². The number of alkyl halides is 6. The number of hydrogen-bond donors (Lipinski definition) is 0. The average molecular weight is 208 g/mol. The largest absolute Gasteiger partial charge is 0.394 e. The summed E-state index contributed by atoms with van der Waals surface area (Å²) in [6, 6.07) is 0. The second-order valence-corrected chi connectivity index (χ2v) is 2.86. The van der Waals surface area contributed by atoms with Crippen LogP contribution in [0.4, 0.5) is 26.3 Å². The second kappa shape index (κ2) is 4.19. The number of hydrogen-bond acceptors (Lipinski definition) is 0. The fraction of sp³-hybridized carbons (Fsp3) is 1.00. The zero-order valence-electron chi connectivity index (χ0n) is 6.97. The van der Waals surface area contributed by atoms with Crippen molar-refractivity contribution in [3.63, 3.8) is 0 Å². The fourth-order valence-electron chi connectivity index (χ4n) is 0.834.